The Hall–Kier alpha value is -3.43. The smallest absolute Gasteiger partial charge is 0.262 e. The number of anilines is 2. The number of carbonyl (C=O) groups excluding carboxylic acids is 1. The molecule has 33 heavy (non-hydrogen) atoms. The standard InChI is InChI=1S/C23H21ClN2O6S/c1-30-20-8-6-16(24)13-19(20)26-33(28,29)18-5-2-4-15(12-18)23(27)25-17-7-9-21-22(14-17)32-11-3-10-31-21/h2,4-9,12-14,26H,3,10-11H2,1H3,(H,25,27). The minimum atomic E-state index is -4.01. The lowest BCUT2D eigenvalue weighted by atomic mass is 10.2. The molecule has 0 aromatic heterocycles. The third-order valence-electron chi connectivity index (χ3n) is 4.82. The maximum Gasteiger partial charge on any atom is 0.262 e. The SMILES string of the molecule is COc1ccc(Cl)cc1NS(=O)(=O)c1cccc(C(=O)Nc2ccc3c(c2)OCCCO3)c1. The van der Waals surface area contributed by atoms with Crippen LogP contribution >= 0.6 is 11.6 Å². The molecule has 0 atom stereocenters. The third kappa shape index (κ3) is 5.32. The van der Waals surface area contributed by atoms with E-state index in [9.17, 15) is 13.2 Å². The van der Waals surface area contributed by atoms with Gasteiger partial charge in [-0.1, -0.05) is 17.7 Å². The number of halogens is 1. The van der Waals surface area contributed by atoms with Gasteiger partial charge in [0.1, 0.15) is 5.75 Å². The molecule has 1 amide bonds. The average molecular weight is 489 g/mol. The highest BCUT2D eigenvalue weighted by Gasteiger charge is 2.19. The van der Waals surface area contributed by atoms with Crippen molar-refractivity contribution in [3.63, 3.8) is 0 Å². The van der Waals surface area contributed by atoms with Crippen LogP contribution in [-0.4, -0.2) is 34.6 Å². The van der Waals surface area contributed by atoms with Gasteiger partial charge < -0.3 is 19.5 Å². The van der Waals surface area contributed by atoms with Crippen LogP contribution in [0.1, 0.15) is 16.8 Å². The predicted octanol–water partition coefficient (Wildman–Crippen LogP) is 4.56. The summed E-state index contributed by atoms with van der Waals surface area (Å²) < 4.78 is 44.7. The zero-order valence-corrected chi connectivity index (χ0v) is 19.2. The number of ether oxygens (including phenoxy) is 3. The Labute approximate surface area is 196 Å². The van der Waals surface area contributed by atoms with Crippen LogP contribution in [0.25, 0.3) is 0 Å². The van der Waals surface area contributed by atoms with Crippen molar-refractivity contribution in [2.45, 2.75) is 11.3 Å². The van der Waals surface area contributed by atoms with Gasteiger partial charge in [0.15, 0.2) is 11.5 Å². The Morgan fingerprint density at radius 1 is 1.00 bits per heavy atom. The third-order valence-corrected chi connectivity index (χ3v) is 6.42. The second kappa shape index (κ2) is 9.60. The van der Waals surface area contributed by atoms with Crippen molar-refractivity contribution in [3.8, 4) is 17.2 Å². The Kier molecular flexibility index (Phi) is 6.62. The fourth-order valence-electron chi connectivity index (χ4n) is 3.21. The normalized spacial score (nSPS) is 13.0. The van der Waals surface area contributed by atoms with E-state index in [1.807, 2.05) is 0 Å². The van der Waals surface area contributed by atoms with Gasteiger partial charge in [-0.2, -0.15) is 0 Å². The van der Waals surface area contributed by atoms with E-state index in [4.69, 9.17) is 25.8 Å². The summed E-state index contributed by atoms with van der Waals surface area (Å²) in [6.45, 7) is 1.09. The van der Waals surface area contributed by atoms with Gasteiger partial charge in [0.05, 0.1) is 30.9 Å². The van der Waals surface area contributed by atoms with Crippen LogP contribution in [-0.2, 0) is 10.0 Å². The molecular weight excluding hydrogens is 468 g/mol. The van der Waals surface area contributed by atoms with Crippen molar-refractivity contribution >= 4 is 38.9 Å². The molecule has 0 spiro atoms. The quantitative estimate of drug-likeness (QED) is 0.527. The minimum Gasteiger partial charge on any atom is -0.495 e. The number of methoxy groups -OCH3 is 1. The lowest BCUT2D eigenvalue weighted by molar-refractivity contribution is 0.102. The molecule has 2 N–H and O–H groups in total. The molecule has 8 nitrogen and oxygen atoms in total. The minimum absolute atomic E-state index is 0.0872. The molecule has 0 aliphatic carbocycles. The van der Waals surface area contributed by atoms with Gasteiger partial charge in [0, 0.05) is 28.8 Å². The van der Waals surface area contributed by atoms with Crippen molar-refractivity contribution in [3.05, 3.63) is 71.2 Å². The Morgan fingerprint density at radius 2 is 1.79 bits per heavy atom. The van der Waals surface area contributed by atoms with E-state index in [1.165, 1.54) is 37.4 Å². The second-order valence-electron chi connectivity index (χ2n) is 7.14. The number of amides is 1. The molecular formula is C23H21ClN2O6S. The summed E-state index contributed by atoms with van der Waals surface area (Å²) in [6.07, 6.45) is 0.771. The largest absolute Gasteiger partial charge is 0.495 e. The zero-order chi connectivity index (χ0) is 23.4. The van der Waals surface area contributed by atoms with Crippen molar-refractivity contribution in [2.75, 3.05) is 30.4 Å². The van der Waals surface area contributed by atoms with Gasteiger partial charge in [-0.15, -0.1) is 0 Å². The maximum atomic E-state index is 12.9. The highest BCUT2D eigenvalue weighted by atomic mass is 35.5. The van der Waals surface area contributed by atoms with Gasteiger partial charge in [-0.25, -0.2) is 8.42 Å². The van der Waals surface area contributed by atoms with Crippen LogP contribution < -0.4 is 24.2 Å². The molecule has 3 aromatic carbocycles. The van der Waals surface area contributed by atoms with Gasteiger partial charge in [-0.3, -0.25) is 9.52 Å². The van der Waals surface area contributed by atoms with E-state index in [2.05, 4.69) is 10.0 Å². The van der Waals surface area contributed by atoms with E-state index in [0.29, 0.717) is 41.2 Å². The molecule has 1 heterocycles. The summed E-state index contributed by atoms with van der Waals surface area (Å²) >= 11 is 5.99. The summed E-state index contributed by atoms with van der Waals surface area (Å²) in [5.74, 6) is 0.996. The molecule has 3 aromatic rings. The first-order valence-electron chi connectivity index (χ1n) is 10.0. The van der Waals surface area contributed by atoms with Gasteiger partial charge >= 0.3 is 0 Å². The number of fused-ring (bicyclic) bond motifs is 1. The van der Waals surface area contributed by atoms with Crippen molar-refractivity contribution in [2.24, 2.45) is 0 Å². The number of rotatable bonds is 6. The van der Waals surface area contributed by atoms with Crippen LogP contribution in [0.5, 0.6) is 17.2 Å². The Balaban J connectivity index is 1.54. The highest BCUT2D eigenvalue weighted by molar-refractivity contribution is 7.92. The molecule has 172 valence electrons. The molecule has 0 fully saturated rings. The van der Waals surface area contributed by atoms with E-state index in [0.717, 1.165) is 6.42 Å². The first-order chi connectivity index (χ1) is 15.9. The number of hydrogen-bond acceptors (Lipinski definition) is 6. The van der Waals surface area contributed by atoms with Crippen molar-refractivity contribution < 1.29 is 27.4 Å². The van der Waals surface area contributed by atoms with E-state index in [-0.39, 0.29) is 16.1 Å². The van der Waals surface area contributed by atoms with Gasteiger partial charge in [0.25, 0.3) is 15.9 Å². The lowest BCUT2D eigenvalue weighted by Gasteiger charge is -2.13. The summed E-state index contributed by atoms with van der Waals surface area (Å²) in [6, 6.07) is 15.4. The van der Waals surface area contributed by atoms with Crippen LogP contribution in [0, 0.1) is 0 Å². The number of benzene rings is 3. The lowest BCUT2D eigenvalue weighted by Crippen LogP contribution is -2.16. The molecule has 0 saturated carbocycles. The first kappa shape index (κ1) is 22.8. The number of hydrogen-bond donors (Lipinski definition) is 2. The van der Waals surface area contributed by atoms with Crippen LogP contribution in [0.3, 0.4) is 0 Å². The van der Waals surface area contributed by atoms with E-state index in [1.54, 1.807) is 30.3 Å². The number of nitrogens with one attached hydrogen (secondary N) is 2. The highest BCUT2D eigenvalue weighted by Crippen LogP contribution is 2.33. The topological polar surface area (TPSA) is 103 Å². The Bertz CT molecular complexity index is 1300. The zero-order valence-electron chi connectivity index (χ0n) is 17.6. The van der Waals surface area contributed by atoms with Crippen molar-refractivity contribution in [1.82, 2.24) is 0 Å². The van der Waals surface area contributed by atoms with Gasteiger partial charge in [-0.05, 0) is 48.5 Å². The van der Waals surface area contributed by atoms with Crippen LogP contribution in [0.15, 0.2) is 65.6 Å². The molecule has 1 aliphatic heterocycles. The molecule has 0 bridgehead atoms. The van der Waals surface area contributed by atoms with E-state index >= 15 is 0 Å². The summed E-state index contributed by atoms with van der Waals surface area (Å²) in [4.78, 5) is 12.7. The summed E-state index contributed by atoms with van der Waals surface area (Å²) in [5, 5.41) is 3.10. The predicted molar refractivity (Wildman–Crippen MR) is 125 cm³/mol. The number of carbonyl (C=O) groups is 1. The van der Waals surface area contributed by atoms with Crippen molar-refractivity contribution in [1.29, 1.82) is 0 Å². The monoisotopic (exact) mass is 488 g/mol. The molecule has 4 rings (SSSR count). The molecule has 1 aliphatic rings. The molecule has 0 saturated heterocycles. The molecule has 0 radical (unpaired) electrons. The van der Waals surface area contributed by atoms with Crippen LogP contribution in [0.2, 0.25) is 5.02 Å². The fourth-order valence-corrected chi connectivity index (χ4v) is 4.49. The summed E-state index contributed by atoms with van der Waals surface area (Å²) in [5.41, 5.74) is 0.856. The molecule has 10 heteroatoms. The van der Waals surface area contributed by atoms with Crippen LogP contribution in [0.4, 0.5) is 11.4 Å². The molecule has 0 unspecified atom stereocenters. The average Bonchev–Trinajstić information content (AvgIpc) is 3.04. The Morgan fingerprint density at radius 3 is 2.58 bits per heavy atom. The second-order valence-corrected chi connectivity index (χ2v) is 9.26. The number of sulfonamides is 1. The first-order valence-corrected chi connectivity index (χ1v) is 11.9. The fraction of sp³-hybridized carbons (Fsp3) is 0.174. The maximum absolute atomic E-state index is 12.9. The summed E-state index contributed by atoms with van der Waals surface area (Å²) in [7, 11) is -2.59. The van der Waals surface area contributed by atoms with E-state index < -0.39 is 15.9 Å². The van der Waals surface area contributed by atoms with Gasteiger partial charge in [0.2, 0.25) is 0 Å².